The molecule has 1 aliphatic carbocycles. The molecule has 1 N–H and O–H groups in total. The number of aryl methyl sites for hydroxylation is 2. The van der Waals surface area contributed by atoms with Crippen molar-refractivity contribution in [1.29, 1.82) is 0 Å². The summed E-state index contributed by atoms with van der Waals surface area (Å²) in [4.78, 5) is 29.7. The third-order valence-corrected chi connectivity index (χ3v) is 9.87. The van der Waals surface area contributed by atoms with Crippen molar-refractivity contribution in [2.45, 2.75) is 83.8 Å². The second-order valence-corrected chi connectivity index (χ2v) is 14.2. The fraction of sp³-hybridized carbons (Fsp3) is 0.429. The van der Waals surface area contributed by atoms with E-state index in [-0.39, 0.29) is 37.4 Å². The molecular formula is C35H44ClN3O4S. The van der Waals surface area contributed by atoms with Crippen molar-refractivity contribution in [2.24, 2.45) is 0 Å². The molecule has 0 aliphatic heterocycles. The van der Waals surface area contributed by atoms with E-state index in [1.807, 2.05) is 68.4 Å². The van der Waals surface area contributed by atoms with Crippen molar-refractivity contribution in [2.75, 3.05) is 17.1 Å². The lowest BCUT2D eigenvalue weighted by molar-refractivity contribution is -0.141. The third kappa shape index (κ3) is 9.57. The summed E-state index contributed by atoms with van der Waals surface area (Å²) in [6, 6.07) is 22.0. The normalized spacial score (nSPS) is 14.5. The monoisotopic (exact) mass is 637 g/mol. The van der Waals surface area contributed by atoms with Crippen molar-refractivity contribution in [3.8, 4) is 0 Å². The van der Waals surface area contributed by atoms with Crippen LogP contribution in [0.4, 0.5) is 5.69 Å². The van der Waals surface area contributed by atoms with Crippen LogP contribution in [-0.2, 0) is 32.6 Å². The molecule has 7 nitrogen and oxygen atoms in total. The Kier molecular flexibility index (Phi) is 11.9. The van der Waals surface area contributed by atoms with Crippen molar-refractivity contribution in [3.63, 3.8) is 0 Å². The second-order valence-electron chi connectivity index (χ2n) is 11.9. The number of hydrogen-bond donors (Lipinski definition) is 1. The van der Waals surface area contributed by atoms with Crippen LogP contribution in [0.2, 0.25) is 5.02 Å². The summed E-state index contributed by atoms with van der Waals surface area (Å²) in [5.41, 5.74) is 4.47. The second kappa shape index (κ2) is 15.6. The molecule has 236 valence electrons. The van der Waals surface area contributed by atoms with E-state index in [1.54, 1.807) is 23.1 Å². The summed E-state index contributed by atoms with van der Waals surface area (Å²) in [6.45, 7) is 4.31. The van der Waals surface area contributed by atoms with Gasteiger partial charge in [0.25, 0.3) is 0 Å². The largest absolute Gasteiger partial charge is 0.352 e. The fourth-order valence-corrected chi connectivity index (χ4v) is 6.85. The molecule has 1 aliphatic rings. The van der Waals surface area contributed by atoms with Gasteiger partial charge < -0.3 is 10.2 Å². The number of carbonyl (C=O) groups excluding carboxylic acids is 2. The minimum absolute atomic E-state index is 0.0897. The van der Waals surface area contributed by atoms with E-state index in [0.717, 1.165) is 47.9 Å². The van der Waals surface area contributed by atoms with Crippen LogP contribution in [0, 0.1) is 13.8 Å². The zero-order valence-corrected chi connectivity index (χ0v) is 27.5. The molecule has 3 aromatic carbocycles. The van der Waals surface area contributed by atoms with Crippen LogP contribution in [-0.4, -0.2) is 50.0 Å². The van der Waals surface area contributed by atoms with Crippen LogP contribution in [0.1, 0.15) is 67.2 Å². The van der Waals surface area contributed by atoms with Crippen LogP contribution in [0.5, 0.6) is 0 Å². The SMILES string of the molecule is Cc1ccc(N(CCCC(=O)N(Cc2ccc(Cl)cc2)C(Cc2ccccc2)C(=O)NC2CCCCC2)S(C)(=O)=O)cc1C. The number of rotatable bonds is 13. The quantitative estimate of drug-likeness (QED) is 0.229. The van der Waals surface area contributed by atoms with Gasteiger partial charge in [-0.15, -0.1) is 0 Å². The molecule has 1 unspecified atom stereocenters. The lowest BCUT2D eigenvalue weighted by atomic mass is 9.94. The van der Waals surface area contributed by atoms with E-state index in [0.29, 0.717) is 23.6 Å². The van der Waals surface area contributed by atoms with Crippen LogP contribution >= 0.6 is 11.6 Å². The summed E-state index contributed by atoms with van der Waals surface area (Å²) in [5.74, 6) is -0.357. The number of carbonyl (C=O) groups is 2. The molecule has 0 heterocycles. The van der Waals surface area contributed by atoms with Gasteiger partial charge in [0.15, 0.2) is 0 Å². The van der Waals surface area contributed by atoms with Crippen LogP contribution < -0.4 is 9.62 Å². The van der Waals surface area contributed by atoms with E-state index in [2.05, 4.69) is 5.32 Å². The average Bonchev–Trinajstić information content (AvgIpc) is 3.00. The first-order valence-corrected chi connectivity index (χ1v) is 17.7. The number of anilines is 1. The number of benzene rings is 3. The number of nitrogens with zero attached hydrogens (tertiary/aromatic N) is 2. The highest BCUT2D eigenvalue weighted by atomic mass is 35.5. The Morgan fingerprint density at radius 3 is 2.23 bits per heavy atom. The van der Waals surface area contributed by atoms with Gasteiger partial charge in [0, 0.05) is 37.0 Å². The molecule has 1 saturated carbocycles. The first-order valence-electron chi connectivity index (χ1n) is 15.4. The summed E-state index contributed by atoms with van der Waals surface area (Å²) in [5, 5.41) is 3.85. The van der Waals surface area contributed by atoms with Gasteiger partial charge in [0.2, 0.25) is 21.8 Å². The molecule has 3 aromatic rings. The summed E-state index contributed by atoms with van der Waals surface area (Å²) >= 11 is 6.14. The first kappa shape index (κ1) is 33.5. The van der Waals surface area contributed by atoms with Gasteiger partial charge in [-0.25, -0.2) is 8.42 Å². The highest BCUT2D eigenvalue weighted by molar-refractivity contribution is 7.92. The van der Waals surface area contributed by atoms with Crippen LogP contribution in [0.3, 0.4) is 0 Å². The average molecular weight is 638 g/mol. The van der Waals surface area contributed by atoms with Crippen molar-refractivity contribution in [3.05, 3.63) is 100 Å². The van der Waals surface area contributed by atoms with Crippen LogP contribution in [0.25, 0.3) is 0 Å². The molecule has 0 radical (unpaired) electrons. The Morgan fingerprint density at radius 1 is 0.909 bits per heavy atom. The predicted molar refractivity (Wildman–Crippen MR) is 178 cm³/mol. The van der Waals surface area contributed by atoms with Gasteiger partial charge in [-0.05, 0) is 79.6 Å². The molecule has 4 rings (SSSR count). The smallest absolute Gasteiger partial charge is 0.243 e. The molecule has 9 heteroatoms. The maximum Gasteiger partial charge on any atom is 0.243 e. The number of halogens is 1. The molecule has 2 amide bonds. The molecule has 0 aromatic heterocycles. The lowest BCUT2D eigenvalue weighted by Gasteiger charge is -2.34. The van der Waals surface area contributed by atoms with E-state index in [4.69, 9.17) is 11.6 Å². The molecule has 1 fully saturated rings. The van der Waals surface area contributed by atoms with Gasteiger partial charge in [-0.3, -0.25) is 13.9 Å². The van der Waals surface area contributed by atoms with Crippen molar-refractivity contribution in [1.82, 2.24) is 10.2 Å². The number of sulfonamides is 1. The summed E-state index contributed by atoms with van der Waals surface area (Å²) in [7, 11) is -3.57. The number of nitrogens with one attached hydrogen (secondary N) is 1. The minimum Gasteiger partial charge on any atom is -0.352 e. The summed E-state index contributed by atoms with van der Waals surface area (Å²) in [6.07, 6.45) is 7.17. The van der Waals surface area contributed by atoms with E-state index in [1.165, 1.54) is 17.0 Å². The molecule has 44 heavy (non-hydrogen) atoms. The van der Waals surface area contributed by atoms with Gasteiger partial charge in [-0.2, -0.15) is 0 Å². The molecular weight excluding hydrogens is 594 g/mol. The number of amides is 2. The van der Waals surface area contributed by atoms with Gasteiger partial charge >= 0.3 is 0 Å². The van der Waals surface area contributed by atoms with Gasteiger partial charge in [0.1, 0.15) is 6.04 Å². The minimum atomic E-state index is -3.57. The third-order valence-electron chi connectivity index (χ3n) is 8.42. The van der Waals surface area contributed by atoms with E-state index < -0.39 is 16.1 Å². The molecule has 1 atom stereocenters. The Bertz CT molecular complexity index is 1510. The Labute approximate surface area is 267 Å². The van der Waals surface area contributed by atoms with Crippen LogP contribution in [0.15, 0.2) is 72.8 Å². The highest BCUT2D eigenvalue weighted by Crippen LogP contribution is 2.24. The molecule has 0 bridgehead atoms. The Hall–Kier alpha value is -3.36. The topological polar surface area (TPSA) is 86.8 Å². The van der Waals surface area contributed by atoms with E-state index in [9.17, 15) is 18.0 Å². The highest BCUT2D eigenvalue weighted by Gasteiger charge is 2.32. The standard InChI is InChI=1S/C35H44ClN3O4S/c1-26-16-21-32(23-27(26)2)39(44(3,42)43)22-10-15-34(40)38(25-29-17-19-30(36)20-18-29)33(24-28-11-6-4-7-12-28)35(41)37-31-13-8-5-9-14-31/h4,6-7,11-12,16-21,23,31,33H,5,8-10,13-15,22,24-25H2,1-3H3,(H,37,41). The van der Waals surface area contributed by atoms with Crippen molar-refractivity contribution >= 4 is 39.1 Å². The lowest BCUT2D eigenvalue weighted by Crippen LogP contribution is -2.52. The maximum absolute atomic E-state index is 14.1. The van der Waals surface area contributed by atoms with Gasteiger partial charge in [0.05, 0.1) is 11.9 Å². The van der Waals surface area contributed by atoms with E-state index >= 15 is 0 Å². The zero-order valence-electron chi connectivity index (χ0n) is 26.0. The molecule has 0 spiro atoms. The maximum atomic E-state index is 14.1. The Morgan fingerprint density at radius 2 is 1.59 bits per heavy atom. The molecule has 0 saturated heterocycles. The first-order chi connectivity index (χ1) is 21.0. The summed E-state index contributed by atoms with van der Waals surface area (Å²) < 4.78 is 26.9. The van der Waals surface area contributed by atoms with Gasteiger partial charge in [-0.1, -0.05) is 79.4 Å². The zero-order chi connectivity index (χ0) is 31.7. The Balaban J connectivity index is 1.59. The fourth-order valence-electron chi connectivity index (χ4n) is 5.77. The number of hydrogen-bond acceptors (Lipinski definition) is 4. The predicted octanol–water partition coefficient (Wildman–Crippen LogP) is 6.59. The van der Waals surface area contributed by atoms with Crippen molar-refractivity contribution < 1.29 is 18.0 Å².